The molecule has 17 heavy (non-hydrogen) atoms. The lowest BCUT2D eigenvalue weighted by atomic mass is 10.2. The summed E-state index contributed by atoms with van der Waals surface area (Å²) in [7, 11) is 0. The van der Waals surface area contributed by atoms with Crippen LogP contribution in [0.25, 0.3) is 0 Å². The van der Waals surface area contributed by atoms with E-state index in [0.29, 0.717) is 17.9 Å². The number of anilines is 1. The second-order valence-corrected chi connectivity index (χ2v) is 4.50. The molecule has 1 aromatic carbocycles. The Kier molecular flexibility index (Phi) is 3.33. The smallest absolute Gasteiger partial charge is 0.163 e. The van der Waals surface area contributed by atoms with Gasteiger partial charge in [0.1, 0.15) is 5.72 Å². The number of ether oxygens (including phenoxy) is 1. The Labute approximate surface area is 100.0 Å². The normalized spacial score (nSPS) is 16.9. The molecule has 0 aromatic heterocycles. The summed E-state index contributed by atoms with van der Waals surface area (Å²) in [6.07, 6.45) is 2.76. The molecule has 4 heteroatoms. The van der Waals surface area contributed by atoms with Gasteiger partial charge in [0.15, 0.2) is 11.6 Å². The van der Waals surface area contributed by atoms with Gasteiger partial charge in [-0.1, -0.05) is 6.92 Å². The predicted molar refractivity (Wildman–Crippen MR) is 62.9 cm³/mol. The number of hydrogen-bond acceptors (Lipinski definition) is 2. The summed E-state index contributed by atoms with van der Waals surface area (Å²) in [6.45, 7) is 4.28. The number of benzene rings is 1. The van der Waals surface area contributed by atoms with Crippen LogP contribution in [0, 0.1) is 18.6 Å². The summed E-state index contributed by atoms with van der Waals surface area (Å²) in [6, 6.07) is 2.70. The highest BCUT2D eigenvalue weighted by molar-refractivity contribution is 5.53. The van der Waals surface area contributed by atoms with Gasteiger partial charge in [0.05, 0.1) is 0 Å². The monoisotopic (exact) mass is 241 g/mol. The van der Waals surface area contributed by atoms with Crippen LogP contribution in [0.5, 0.6) is 0 Å². The third-order valence-electron chi connectivity index (χ3n) is 2.99. The van der Waals surface area contributed by atoms with Gasteiger partial charge in [-0.15, -0.1) is 0 Å². The summed E-state index contributed by atoms with van der Waals surface area (Å²) >= 11 is 0. The maximum Gasteiger partial charge on any atom is 0.163 e. The van der Waals surface area contributed by atoms with E-state index in [0.717, 1.165) is 25.3 Å². The first-order valence-electron chi connectivity index (χ1n) is 5.95. The van der Waals surface area contributed by atoms with Crippen LogP contribution in [0.4, 0.5) is 14.5 Å². The largest absolute Gasteiger partial charge is 0.357 e. The molecule has 0 amide bonds. The molecule has 1 N–H and O–H groups in total. The van der Waals surface area contributed by atoms with Crippen molar-refractivity contribution in [1.29, 1.82) is 0 Å². The lowest BCUT2D eigenvalue weighted by Crippen LogP contribution is -2.26. The molecule has 2 rings (SSSR count). The lowest BCUT2D eigenvalue weighted by Gasteiger charge is -2.21. The van der Waals surface area contributed by atoms with Crippen LogP contribution in [0.2, 0.25) is 0 Å². The molecule has 1 aromatic rings. The minimum Gasteiger partial charge on any atom is -0.357 e. The standard InChI is InChI=1S/C13H17F2NO/c1-3-8-17-13(6-7-13)16-11-5-4-10(14)12(15)9(11)2/h4-5,16H,3,6-8H2,1-2H3. The summed E-state index contributed by atoms with van der Waals surface area (Å²) < 4.78 is 32.1. The van der Waals surface area contributed by atoms with E-state index in [2.05, 4.69) is 5.32 Å². The highest BCUT2D eigenvalue weighted by Crippen LogP contribution is 2.41. The second-order valence-electron chi connectivity index (χ2n) is 4.50. The van der Waals surface area contributed by atoms with Crippen molar-refractivity contribution in [3.63, 3.8) is 0 Å². The summed E-state index contributed by atoms with van der Waals surface area (Å²) in [5.41, 5.74) is 0.555. The SMILES string of the molecule is CCCOC1(Nc2ccc(F)c(F)c2C)CC1. The Morgan fingerprint density at radius 2 is 2.06 bits per heavy atom. The fourth-order valence-electron chi connectivity index (χ4n) is 1.75. The van der Waals surface area contributed by atoms with Gasteiger partial charge >= 0.3 is 0 Å². The number of rotatable bonds is 5. The van der Waals surface area contributed by atoms with E-state index in [1.807, 2.05) is 6.92 Å². The Bertz CT molecular complexity index is 416. The maximum atomic E-state index is 13.4. The van der Waals surface area contributed by atoms with Crippen LogP contribution >= 0.6 is 0 Å². The Morgan fingerprint density at radius 1 is 1.35 bits per heavy atom. The van der Waals surface area contributed by atoms with E-state index in [4.69, 9.17) is 4.74 Å². The van der Waals surface area contributed by atoms with E-state index >= 15 is 0 Å². The van der Waals surface area contributed by atoms with Crippen LogP contribution in [0.3, 0.4) is 0 Å². The van der Waals surface area contributed by atoms with E-state index in [1.165, 1.54) is 0 Å². The topological polar surface area (TPSA) is 21.3 Å². The number of hydrogen-bond donors (Lipinski definition) is 1. The van der Waals surface area contributed by atoms with Crippen LogP contribution in [-0.2, 0) is 4.74 Å². The number of nitrogens with one attached hydrogen (secondary N) is 1. The Morgan fingerprint density at radius 3 is 2.65 bits per heavy atom. The molecule has 94 valence electrons. The molecule has 0 unspecified atom stereocenters. The maximum absolute atomic E-state index is 13.4. The third-order valence-corrected chi connectivity index (χ3v) is 2.99. The van der Waals surface area contributed by atoms with Crippen molar-refractivity contribution in [2.45, 2.75) is 38.8 Å². The van der Waals surface area contributed by atoms with Crippen molar-refractivity contribution >= 4 is 5.69 Å². The molecule has 0 spiro atoms. The molecule has 0 atom stereocenters. The highest BCUT2D eigenvalue weighted by Gasteiger charge is 2.44. The zero-order valence-electron chi connectivity index (χ0n) is 10.1. The van der Waals surface area contributed by atoms with Crippen molar-refractivity contribution in [3.8, 4) is 0 Å². The minimum atomic E-state index is -0.813. The molecule has 0 aliphatic heterocycles. The van der Waals surface area contributed by atoms with Gasteiger partial charge in [0.2, 0.25) is 0 Å². The third kappa shape index (κ3) is 2.57. The van der Waals surface area contributed by atoms with E-state index in [1.54, 1.807) is 13.0 Å². The quantitative estimate of drug-likeness (QED) is 0.795. The Hall–Kier alpha value is -1.16. The van der Waals surface area contributed by atoms with Crippen molar-refractivity contribution < 1.29 is 13.5 Å². The first-order valence-corrected chi connectivity index (χ1v) is 5.95. The van der Waals surface area contributed by atoms with Gasteiger partial charge in [-0.2, -0.15) is 0 Å². The van der Waals surface area contributed by atoms with Gasteiger partial charge in [0.25, 0.3) is 0 Å². The fraction of sp³-hybridized carbons (Fsp3) is 0.538. The predicted octanol–water partition coefficient (Wildman–Crippen LogP) is 3.60. The van der Waals surface area contributed by atoms with Gasteiger partial charge < -0.3 is 10.1 Å². The summed E-state index contributed by atoms with van der Waals surface area (Å²) in [4.78, 5) is 0. The summed E-state index contributed by atoms with van der Waals surface area (Å²) in [5, 5.41) is 3.17. The lowest BCUT2D eigenvalue weighted by molar-refractivity contribution is 0.0535. The molecule has 0 saturated heterocycles. The molecule has 1 aliphatic rings. The number of halogens is 2. The fourth-order valence-corrected chi connectivity index (χ4v) is 1.75. The van der Waals surface area contributed by atoms with Gasteiger partial charge in [0, 0.05) is 17.9 Å². The van der Waals surface area contributed by atoms with Crippen molar-refractivity contribution in [3.05, 3.63) is 29.3 Å². The van der Waals surface area contributed by atoms with Crippen LogP contribution in [-0.4, -0.2) is 12.3 Å². The average Bonchev–Trinajstić information content (AvgIpc) is 3.08. The Balaban J connectivity index is 2.11. The first-order chi connectivity index (χ1) is 8.08. The van der Waals surface area contributed by atoms with Crippen LogP contribution in [0.15, 0.2) is 12.1 Å². The van der Waals surface area contributed by atoms with Crippen molar-refractivity contribution in [2.75, 3.05) is 11.9 Å². The van der Waals surface area contributed by atoms with Crippen molar-refractivity contribution in [2.24, 2.45) is 0 Å². The van der Waals surface area contributed by atoms with Crippen LogP contribution < -0.4 is 5.32 Å². The molecule has 1 fully saturated rings. The highest BCUT2D eigenvalue weighted by atomic mass is 19.2. The van der Waals surface area contributed by atoms with Crippen molar-refractivity contribution in [1.82, 2.24) is 0 Å². The first kappa shape index (κ1) is 12.3. The van der Waals surface area contributed by atoms with E-state index in [-0.39, 0.29) is 5.72 Å². The van der Waals surface area contributed by atoms with Crippen LogP contribution in [0.1, 0.15) is 31.7 Å². The van der Waals surface area contributed by atoms with Gasteiger partial charge in [-0.3, -0.25) is 0 Å². The molecule has 0 radical (unpaired) electrons. The van der Waals surface area contributed by atoms with Gasteiger partial charge in [-0.25, -0.2) is 8.78 Å². The minimum absolute atomic E-state index is 0.302. The van der Waals surface area contributed by atoms with Gasteiger partial charge in [-0.05, 0) is 38.3 Å². The molecule has 1 saturated carbocycles. The molecular formula is C13H17F2NO. The second kappa shape index (κ2) is 4.61. The molecule has 0 bridgehead atoms. The summed E-state index contributed by atoms with van der Waals surface area (Å²) in [5.74, 6) is -1.60. The molecule has 1 aliphatic carbocycles. The molecule has 2 nitrogen and oxygen atoms in total. The zero-order valence-corrected chi connectivity index (χ0v) is 10.1. The average molecular weight is 241 g/mol. The molecule has 0 heterocycles. The van der Waals surface area contributed by atoms with E-state index in [9.17, 15) is 8.78 Å². The van der Waals surface area contributed by atoms with E-state index < -0.39 is 11.6 Å². The molecular weight excluding hydrogens is 224 g/mol. The zero-order chi connectivity index (χ0) is 12.5.